The maximum atomic E-state index is 11.5. The number of nitrogens with zero attached hydrogens (tertiary/aromatic N) is 1. The molecule has 1 amide bonds. The maximum Gasteiger partial charge on any atom is 0.325 e. The minimum atomic E-state index is -1.05. The van der Waals surface area contributed by atoms with Gasteiger partial charge in [-0.3, -0.25) is 9.59 Å². The van der Waals surface area contributed by atoms with E-state index >= 15 is 0 Å². The van der Waals surface area contributed by atoms with Gasteiger partial charge < -0.3 is 14.8 Å². The van der Waals surface area contributed by atoms with Crippen LogP contribution in [0.25, 0.3) is 11.3 Å². The molecule has 1 atom stereocenters. The van der Waals surface area contributed by atoms with Crippen LogP contribution < -0.4 is 5.32 Å². The lowest BCUT2D eigenvalue weighted by atomic mass is 10.2. The van der Waals surface area contributed by atoms with E-state index < -0.39 is 12.0 Å². The van der Waals surface area contributed by atoms with Crippen molar-refractivity contribution < 1.29 is 19.1 Å². The van der Waals surface area contributed by atoms with Crippen LogP contribution in [0.5, 0.6) is 0 Å². The summed E-state index contributed by atoms with van der Waals surface area (Å²) in [6.07, 6.45) is 2.98. The van der Waals surface area contributed by atoms with E-state index in [0.717, 1.165) is 5.56 Å². The smallest absolute Gasteiger partial charge is 0.325 e. The number of nitrogens with one attached hydrogen (secondary N) is 1. The Morgan fingerprint density at radius 1 is 1.32 bits per heavy atom. The largest absolute Gasteiger partial charge is 0.480 e. The summed E-state index contributed by atoms with van der Waals surface area (Å²) >= 11 is 0. The van der Waals surface area contributed by atoms with Crippen molar-refractivity contribution in [3.05, 3.63) is 42.4 Å². The fraction of sp³-hybridized carbons (Fsp3) is 0.312. The first kappa shape index (κ1) is 15.8. The van der Waals surface area contributed by atoms with E-state index in [1.54, 1.807) is 6.20 Å². The van der Waals surface area contributed by atoms with Crippen LogP contribution in [0.3, 0.4) is 0 Å². The Morgan fingerprint density at radius 2 is 2.05 bits per heavy atom. The highest BCUT2D eigenvalue weighted by atomic mass is 16.4. The number of aryl methyl sites for hydroxylation is 1. The molecule has 0 aliphatic carbocycles. The zero-order valence-corrected chi connectivity index (χ0v) is 12.3. The molecule has 0 bridgehead atoms. The van der Waals surface area contributed by atoms with Crippen molar-refractivity contribution in [1.82, 2.24) is 10.3 Å². The minimum absolute atomic E-state index is 0.237. The number of amides is 1. The van der Waals surface area contributed by atoms with Crippen LogP contribution in [-0.2, 0) is 16.0 Å². The maximum absolute atomic E-state index is 11.5. The topological polar surface area (TPSA) is 92.4 Å². The number of carbonyl (C=O) groups is 2. The standard InChI is InChI=1S/C16H18N2O4/c1-11(16(20)21)18-14(19)8-5-9-15-17-10-13(22-15)12-6-3-2-4-7-12/h2-4,6-7,10-11H,5,8-9H2,1H3,(H,18,19)(H,20,21)/t11-/m1/s1. The van der Waals surface area contributed by atoms with Crippen LogP contribution in [-0.4, -0.2) is 28.0 Å². The number of carboxylic acid groups (broad SMARTS) is 1. The highest BCUT2D eigenvalue weighted by Crippen LogP contribution is 2.20. The Morgan fingerprint density at radius 3 is 2.73 bits per heavy atom. The number of benzene rings is 1. The zero-order chi connectivity index (χ0) is 15.9. The molecule has 0 aliphatic heterocycles. The number of rotatable bonds is 7. The molecule has 6 nitrogen and oxygen atoms in total. The number of hydrogen-bond donors (Lipinski definition) is 2. The van der Waals surface area contributed by atoms with Gasteiger partial charge in [0, 0.05) is 18.4 Å². The second-order valence-electron chi connectivity index (χ2n) is 4.97. The first-order valence-corrected chi connectivity index (χ1v) is 7.08. The highest BCUT2D eigenvalue weighted by molar-refractivity contribution is 5.83. The molecule has 0 radical (unpaired) electrons. The fourth-order valence-electron chi connectivity index (χ4n) is 1.94. The first-order valence-electron chi connectivity index (χ1n) is 7.08. The quantitative estimate of drug-likeness (QED) is 0.818. The number of carboxylic acids is 1. The van der Waals surface area contributed by atoms with Gasteiger partial charge in [-0.1, -0.05) is 30.3 Å². The van der Waals surface area contributed by atoms with Gasteiger partial charge in [-0.25, -0.2) is 4.98 Å². The van der Waals surface area contributed by atoms with Gasteiger partial charge >= 0.3 is 5.97 Å². The van der Waals surface area contributed by atoms with E-state index in [1.807, 2.05) is 30.3 Å². The molecule has 116 valence electrons. The molecular formula is C16H18N2O4. The lowest BCUT2D eigenvalue weighted by molar-refractivity contribution is -0.141. The zero-order valence-electron chi connectivity index (χ0n) is 12.3. The van der Waals surface area contributed by atoms with E-state index in [0.29, 0.717) is 24.5 Å². The molecule has 2 rings (SSSR count). The van der Waals surface area contributed by atoms with E-state index in [9.17, 15) is 9.59 Å². The number of carbonyl (C=O) groups excluding carboxylic acids is 1. The molecule has 1 aromatic heterocycles. The number of hydrogen-bond acceptors (Lipinski definition) is 4. The SMILES string of the molecule is C[C@@H](NC(=O)CCCc1ncc(-c2ccccc2)o1)C(=O)O. The summed E-state index contributed by atoms with van der Waals surface area (Å²) in [5, 5.41) is 11.1. The molecule has 0 spiro atoms. The average molecular weight is 302 g/mol. The second-order valence-corrected chi connectivity index (χ2v) is 4.97. The molecule has 2 aromatic rings. The summed E-state index contributed by atoms with van der Waals surface area (Å²) < 4.78 is 5.63. The van der Waals surface area contributed by atoms with Crippen LogP contribution in [0, 0.1) is 0 Å². The summed E-state index contributed by atoms with van der Waals surface area (Å²) in [5.74, 6) is -0.0734. The Bertz CT molecular complexity index is 637. The predicted molar refractivity (Wildman–Crippen MR) is 80.1 cm³/mol. The molecule has 1 aromatic carbocycles. The van der Waals surface area contributed by atoms with Crippen molar-refractivity contribution >= 4 is 11.9 Å². The molecule has 2 N–H and O–H groups in total. The third-order valence-electron chi connectivity index (χ3n) is 3.15. The van der Waals surface area contributed by atoms with Crippen molar-refractivity contribution in [2.24, 2.45) is 0 Å². The third kappa shape index (κ3) is 4.44. The molecule has 0 saturated carbocycles. The average Bonchev–Trinajstić information content (AvgIpc) is 2.97. The van der Waals surface area contributed by atoms with Crippen LogP contribution in [0.15, 0.2) is 40.9 Å². The van der Waals surface area contributed by atoms with Gasteiger partial charge in [0.1, 0.15) is 6.04 Å². The summed E-state index contributed by atoms with van der Waals surface area (Å²) in [7, 11) is 0. The monoisotopic (exact) mass is 302 g/mol. The molecule has 0 saturated heterocycles. The summed E-state index contributed by atoms with van der Waals surface area (Å²) in [5.41, 5.74) is 0.953. The number of aromatic nitrogens is 1. The van der Waals surface area contributed by atoms with Crippen molar-refractivity contribution in [3.63, 3.8) is 0 Å². The summed E-state index contributed by atoms with van der Waals surface area (Å²) in [6.45, 7) is 1.43. The van der Waals surface area contributed by atoms with Crippen molar-refractivity contribution in [3.8, 4) is 11.3 Å². The van der Waals surface area contributed by atoms with Crippen molar-refractivity contribution in [2.45, 2.75) is 32.2 Å². The summed E-state index contributed by atoms with van der Waals surface area (Å²) in [6, 6.07) is 8.77. The van der Waals surface area contributed by atoms with Crippen LogP contribution in [0.1, 0.15) is 25.7 Å². The van der Waals surface area contributed by atoms with Crippen LogP contribution in [0.2, 0.25) is 0 Å². The van der Waals surface area contributed by atoms with Crippen molar-refractivity contribution in [1.29, 1.82) is 0 Å². The van der Waals surface area contributed by atoms with Gasteiger partial charge in [-0.15, -0.1) is 0 Å². The Kier molecular flexibility index (Phi) is 5.30. The van der Waals surface area contributed by atoms with Crippen LogP contribution in [0.4, 0.5) is 0 Å². The van der Waals surface area contributed by atoms with E-state index in [1.165, 1.54) is 6.92 Å². The highest BCUT2D eigenvalue weighted by Gasteiger charge is 2.14. The van der Waals surface area contributed by atoms with E-state index in [-0.39, 0.29) is 12.3 Å². The second kappa shape index (κ2) is 7.40. The molecular weight excluding hydrogens is 284 g/mol. The summed E-state index contributed by atoms with van der Waals surface area (Å²) in [4.78, 5) is 26.4. The number of oxazole rings is 1. The first-order chi connectivity index (χ1) is 10.6. The lowest BCUT2D eigenvalue weighted by Gasteiger charge is -2.08. The molecule has 22 heavy (non-hydrogen) atoms. The Balaban J connectivity index is 1.80. The molecule has 0 aliphatic rings. The van der Waals surface area contributed by atoms with Gasteiger partial charge in [-0.2, -0.15) is 0 Å². The lowest BCUT2D eigenvalue weighted by Crippen LogP contribution is -2.38. The van der Waals surface area contributed by atoms with Crippen molar-refractivity contribution in [2.75, 3.05) is 0 Å². The molecule has 0 unspecified atom stereocenters. The normalized spacial score (nSPS) is 11.9. The van der Waals surface area contributed by atoms with Gasteiger partial charge in [-0.05, 0) is 13.3 Å². The minimum Gasteiger partial charge on any atom is -0.480 e. The van der Waals surface area contributed by atoms with Gasteiger partial charge in [0.25, 0.3) is 0 Å². The molecule has 0 fully saturated rings. The van der Waals surface area contributed by atoms with Gasteiger partial charge in [0.15, 0.2) is 11.7 Å². The van der Waals surface area contributed by atoms with Gasteiger partial charge in [0.2, 0.25) is 5.91 Å². The van der Waals surface area contributed by atoms with E-state index in [4.69, 9.17) is 9.52 Å². The predicted octanol–water partition coefficient (Wildman–Crippen LogP) is 2.25. The fourth-order valence-corrected chi connectivity index (χ4v) is 1.94. The number of aliphatic carboxylic acids is 1. The van der Waals surface area contributed by atoms with Crippen LogP contribution >= 0.6 is 0 Å². The molecule has 6 heteroatoms. The molecule has 1 heterocycles. The third-order valence-corrected chi connectivity index (χ3v) is 3.15. The van der Waals surface area contributed by atoms with E-state index in [2.05, 4.69) is 10.3 Å². The van der Waals surface area contributed by atoms with Gasteiger partial charge in [0.05, 0.1) is 6.20 Å². The Hall–Kier alpha value is -2.63. The Labute approximate surface area is 128 Å².